The molecule has 128 valence electrons. The zero-order chi connectivity index (χ0) is 17.6. The number of benzene rings is 2. The molecule has 1 aliphatic carbocycles. The molecular weight excluding hydrogens is 308 g/mol. The van der Waals surface area contributed by atoms with Crippen molar-refractivity contribution in [2.75, 3.05) is 0 Å². The van der Waals surface area contributed by atoms with Crippen LogP contribution in [0.15, 0.2) is 54.6 Å². The number of fused-ring (bicyclic) bond motifs is 2. The van der Waals surface area contributed by atoms with Gasteiger partial charge in [0, 0.05) is 22.5 Å². The van der Waals surface area contributed by atoms with E-state index in [9.17, 15) is 5.11 Å². The van der Waals surface area contributed by atoms with Crippen LogP contribution < -0.4 is 5.73 Å². The molecule has 1 aliphatic rings. The van der Waals surface area contributed by atoms with Crippen molar-refractivity contribution in [3.63, 3.8) is 0 Å². The number of phenols is 1. The van der Waals surface area contributed by atoms with Crippen molar-refractivity contribution in [2.45, 2.75) is 38.1 Å². The third-order valence-electron chi connectivity index (χ3n) is 5.45. The minimum absolute atomic E-state index is 0.146. The minimum atomic E-state index is -0.306. The van der Waals surface area contributed by atoms with Gasteiger partial charge in [-0.1, -0.05) is 30.3 Å². The lowest BCUT2D eigenvalue weighted by atomic mass is 9.66. The number of pyridine rings is 1. The normalized spacial score (nSPS) is 20.4. The summed E-state index contributed by atoms with van der Waals surface area (Å²) in [5.74, 6) is 0.740. The van der Waals surface area contributed by atoms with Crippen LogP contribution in [0.4, 0.5) is 0 Å². The van der Waals surface area contributed by atoms with Gasteiger partial charge in [-0.15, -0.1) is 0 Å². The lowest BCUT2D eigenvalue weighted by molar-refractivity contribution is 0.259. The molecule has 2 unspecified atom stereocenters. The summed E-state index contributed by atoms with van der Waals surface area (Å²) in [4.78, 5) is 4.93. The molecule has 2 atom stereocenters. The number of para-hydroxylation sites is 1. The van der Waals surface area contributed by atoms with Crippen molar-refractivity contribution in [1.82, 2.24) is 4.98 Å². The van der Waals surface area contributed by atoms with E-state index in [0.717, 1.165) is 35.0 Å². The predicted octanol–water partition coefficient (Wildman–Crippen LogP) is 4.37. The van der Waals surface area contributed by atoms with Gasteiger partial charge in [0.2, 0.25) is 0 Å². The molecule has 3 nitrogen and oxygen atoms in total. The first kappa shape index (κ1) is 16.1. The first-order chi connectivity index (χ1) is 11.9. The van der Waals surface area contributed by atoms with Crippen molar-refractivity contribution in [2.24, 2.45) is 11.7 Å². The van der Waals surface area contributed by atoms with Crippen molar-refractivity contribution in [3.05, 3.63) is 71.4 Å². The summed E-state index contributed by atoms with van der Waals surface area (Å²) >= 11 is 0. The number of hydrogen-bond donors (Lipinski definition) is 2. The van der Waals surface area contributed by atoms with E-state index in [1.807, 2.05) is 24.3 Å². The number of nitrogens with two attached hydrogens (primary N) is 1. The summed E-state index contributed by atoms with van der Waals surface area (Å²) < 4.78 is 0. The highest BCUT2D eigenvalue weighted by Crippen LogP contribution is 2.45. The molecule has 0 saturated heterocycles. The number of aromatic hydroxyl groups is 1. The van der Waals surface area contributed by atoms with Gasteiger partial charge in [0.05, 0.1) is 5.52 Å². The molecule has 1 aromatic heterocycles. The molecule has 4 rings (SSSR count). The van der Waals surface area contributed by atoms with Gasteiger partial charge in [-0.3, -0.25) is 4.98 Å². The van der Waals surface area contributed by atoms with E-state index in [4.69, 9.17) is 10.7 Å². The Hall–Kier alpha value is -2.39. The van der Waals surface area contributed by atoms with Crippen LogP contribution in [0.3, 0.4) is 0 Å². The Bertz CT molecular complexity index is 927. The van der Waals surface area contributed by atoms with E-state index < -0.39 is 0 Å². The molecule has 0 bridgehead atoms. The molecule has 1 heterocycles. The Morgan fingerprint density at radius 3 is 2.64 bits per heavy atom. The van der Waals surface area contributed by atoms with Crippen LogP contribution >= 0.6 is 0 Å². The van der Waals surface area contributed by atoms with Crippen LogP contribution in [-0.2, 0) is 6.42 Å². The third kappa shape index (κ3) is 2.89. The van der Waals surface area contributed by atoms with Gasteiger partial charge in [0.15, 0.2) is 0 Å². The molecule has 3 N–H and O–H groups in total. The van der Waals surface area contributed by atoms with Gasteiger partial charge in [0.1, 0.15) is 5.75 Å². The Kier molecular flexibility index (Phi) is 3.77. The smallest absolute Gasteiger partial charge is 0.115 e. The molecule has 0 fully saturated rings. The molecule has 0 radical (unpaired) electrons. The zero-order valence-corrected chi connectivity index (χ0v) is 14.7. The molecule has 2 aromatic carbocycles. The SMILES string of the molecule is CC(C)(N)C1CCc2nc3ccccc3cc2C1c1cccc(O)c1. The van der Waals surface area contributed by atoms with Gasteiger partial charge in [-0.05, 0) is 68.0 Å². The van der Waals surface area contributed by atoms with Crippen LogP contribution in [0.2, 0.25) is 0 Å². The number of hydrogen-bond acceptors (Lipinski definition) is 3. The largest absolute Gasteiger partial charge is 0.508 e. The third-order valence-corrected chi connectivity index (χ3v) is 5.45. The maximum Gasteiger partial charge on any atom is 0.115 e. The van der Waals surface area contributed by atoms with E-state index in [-0.39, 0.29) is 11.5 Å². The highest BCUT2D eigenvalue weighted by atomic mass is 16.3. The van der Waals surface area contributed by atoms with E-state index in [2.05, 4.69) is 38.1 Å². The van der Waals surface area contributed by atoms with Crippen LogP contribution in [0, 0.1) is 5.92 Å². The second kappa shape index (κ2) is 5.85. The van der Waals surface area contributed by atoms with Crippen LogP contribution in [0.1, 0.15) is 43.0 Å². The summed E-state index contributed by atoms with van der Waals surface area (Å²) in [5, 5.41) is 11.2. The zero-order valence-electron chi connectivity index (χ0n) is 14.7. The standard InChI is InChI=1S/C22H24N2O/c1-22(2,23)18-10-11-20-17(13-14-6-3-4-9-19(14)24-20)21(18)15-7-5-8-16(25)12-15/h3-9,12-13,18,21,25H,10-11,23H2,1-2H3. The fourth-order valence-electron chi connectivity index (χ4n) is 4.25. The first-order valence-corrected chi connectivity index (χ1v) is 8.90. The first-order valence-electron chi connectivity index (χ1n) is 8.90. The van der Waals surface area contributed by atoms with Gasteiger partial charge in [0.25, 0.3) is 0 Å². The van der Waals surface area contributed by atoms with Crippen molar-refractivity contribution in [1.29, 1.82) is 0 Å². The molecule has 0 amide bonds. The van der Waals surface area contributed by atoms with Crippen molar-refractivity contribution in [3.8, 4) is 5.75 Å². The molecule has 3 aromatic rings. The predicted molar refractivity (Wildman–Crippen MR) is 102 cm³/mol. The Balaban J connectivity index is 1.94. The summed E-state index contributed by atoms with van der Waals surface area (Å²) in [6.07, 6.45) is 1.95. The molecule has 3 heteroatoms. The lowest BCUT2D eigenvalue weighted by Crippen LogP contribution is -2.46. The van der Waals surface area contributed by atoms with Crippen LogP contribution in [-0.4, -0.2) is 15.6 Å². The Labute approximate surface area is 148 Å². The van der Waals surface area contributed by atoms with Crippen LogP contribution in [0.25, 0.3) is 10.9 Å². The Morgan fingerprint density at radius 1 is 1.08 bits per heavy atom. The van der Waals surface area contributed by atoms with E-state index in [1.54, 1.807) is 6.07 Å². The van der Waals surface area contributed by atoms with Gasteiger partial charge < -0.3 is 10.8 Å². The van der Waals surface area contributed by atoms with Crippen molar-refractivity contribution < 1.29 is 5.11 Å². The highest BCUT2D eigenvalue weighted by molar-refractivity contribution is 5.80. The maximum absolute atomic E-state index is 10.0. The molecular formula is C22H24N2O. The highest BCUT2D eigenvalue weighted by Gasteiger charge is 2.39. The Morgan fingerprint density at radius 2 is 1.88 bits per heavy atom. The summed E-state index contributed by atoms with van der Waals surface area (Å²) in [6.45, 7) is 4.21. The molecule has 25 heavy (non-hydrogen) atoms. The minimum Gasteiger partial charge on any atom is -0.508 e. The van der Waals surface area contributed by atoms with E-state index in [0.29, 0.717) is 11.7 Å². The molecule has 0 saturated carbocycles. The van der Waals surface area contributed by atoms with Gasteiger partial charge in [-0.25, -0.2) is 0 Å². The number of aryl methyl sites for hydroxylation is 1. The summed E-state index contributed by atoms with van der Waals surface area (Å²) in [5.41, 5.74) is 10.8. The van der Waals surface area contributed by atoms with E-state index in [1.165, 1.54) is 5.56 Å². The molecule has 0 spiro atoms. The number of phenolic OH excluding ortho intramolecular Hbond substituents is 1. The second-order valence-electron chi connectivity index (χ2n) is 7.76. The topological polar surface area (TPSA) is 59.1 Å². The average Bonchev–Trinajstić information content (AvgIpc) is 2.58. The van der Waals surface area contributed by atoms with Gasteiger partial charge >= 0.3 is 0 Å². The monoisotopic (exact) mass is 332 g/mol. The summed E-state index contributed by atoms with van der Waals surface area (Å²) in [7, 11) is 0. The number of nitrogens with zero attached hydrogens (tertiary/aromatic N) is 1. The van der Waals surface area contributed by atoms with Gasteiger partial charge in [-0.2, -0.15) is 0 Å². The number of rotatable bonds is 2. The second-order valence-corrected chi connectivity index (χ2v) is 7.76. The van der Waals surface area contributed by atoms with Crippen molar-refractivity contribution >= 4 is 10.9 Å². The quantitative estimate of drug-likeness (QED) is 0.732. The number of aromatic nitrogens is 1. The van der Waals surface area contributed by atoms with E-state index >= 15 is 0 Å². The van der Waals surface area contributed by atoms with Crippen LogP contribution in [0.5, 0.6) is 5.75 Å². The fourth-order valence-corrected chi connectivity index (χ4v) is 4.25. The maximum atomic E-state index is 10.0. The average molecular weight is 332 g/mol. The molecule has 0 aliphatic heterocycles. The lowest BCUT2D eigenvalue weighted by Gasteiger charge is -2.41. The summed E-state index contributed by atoms with van der Waals surface area (Å²) in [6, 6.07) is 18.1. The fraction of sp³-hybridized carbons (Fsp3) is 0.318.